The van der Waals surface area contributed by atoms with Gasteiger partial charge in [0, 0.05) is 38.4 Å². The number of nitrogens with zero attached hydrogens (tertiary/aromatic N) is 2. The van der Waals surface area contributed by atoms with Gasteiger partial charge in [-0.05, 0) is 0 Å². The van der Waals surface area contributed by atoms with E-state index in [-0.39, 0.29) is 23.7 Å². The number of hydrogen-bond donors (Lipinski definition) is 1. The number of carbonyl (C=O) groups is 2. The van der Waals surface area contributed by atoms with E-state index in [1.54, 1.807) is 16.7 Å². The normalized spacial score (nSPS) is 18.1. The van der Waals surface area contributed by atoms with Gasteiger partial charge in [-0.1, -0.05) is 6.92 Å². The fraction of sp³-hybridized carbons (Fsp3) is 0.818. The molecule has 1 unspecified atom stereocenters. The molecule has 5 nitrogen and oxygen atoms in total. The summed E-state index contributed by atoms with van der Waals surface area (Å²) in [5.41, 5.74) is 0. The summed E-state index contributed by atoms with van der Waals surface area (Å²) in [6.07, 6.45) is 0. The third-order valence-corrected chi connectivity index (χ3v) is 3.96. The molecule has 98 valence electrons. The van der Waals surface area contributed by atoms with E-state index in [9.17, 15) is 9.59 Å². The highest BCUT2D eigenvalue weighted by molar-refractivity contribution is 8.00. The Labute approximate surface area is 106 Å². The van der Waals surface area contributed by atoms with E-state index in [1.807, 2.05) is 6.92 Å². The van der Waals surface area contributed by atoms with Gasteiger partial charge in [0.25, 0.3) is 0 Å². The van der Waals surface area contributed by atoms with Crippen LogP contribution in [0.3, 0.4) is 0 Å². The lowest BCUT2D eigenvalue weighted by molar-refractivity contribution is -0.136. The van der Waals surface area contributed by atoms with E-state index in [0.717, 1.165) is 0 Å². The number of hydrogen-bond acceptors (Lipinski definition) is 4. The van der Waals surface area contributed by atoms with Crippen molar-refractivity contribution in [1.82, 2.24) is 9.80 Å². The molecule has 0 saturated carbocycles. The molecule has 1 aliphatic rings. The van der Waals surface area contributed by atoms with Gasteiger partial charge < -0.3 is 14.9 Å². The SMILES string of the molecule is CC(=O)N1CCN(C(=O)CSC(C)CO)CC1. The minimum atomic E-state index is 0.0698. The quantitative estimate of drug-likeness (QED) is 0.760. The van der Waals surface area contributed by atoms with E-state index in [4.69, 9.17) is 5.11 Å². The Morgan fingerprint density at radius 3 is 2.24 bits per heavy atom. The van der Waals surface area contributed by atoms with Crippen molar-refractivity contribution in [2.45, 2.75) is 19.1 Å². The van der Waals surface area contributed by atoms with Crippen molar-refractivity contribution in [3.63, 3.8) is 0 Å². The van der Waals surface area contributed by atoms with Gasteiger partial charge in [-0.25, -0.2) is 0 Å². The molecule has 0 spiro atoms. The highest BCUT2D eigenvalue weighted by Crippen LogP contribution is 2.11. The van der Waals surface area contributed by atoms with Crippen LogP contribution in [0.2, 0.25) is 0 Å². The molecule has 1 aliphatic heterocycles. The summed E-state index contributed by atoms with van der Waals surface area (Å²) in [5.74, 6) is 0.570. The van der Waals surface area contributed by atoms with Gasteiger partial charge in [0.05, 0.1) is 12.4 Å². The van der Waals surface area contributed by atoms with Crippen LogP contribution in [0.25, 0.3) is 0 Å². The summed E-state index contributed by atoms with van der Waals surface area (Å²) in [5, 5.41) is 8.96. The minimum absolute atomic E-state index is 0.0698. The number of aliphatic hydroxyl groups excluding tert-OH is 1. The van der Waals surface area contributed by atoms with E-state index >= 15 is 0 Å². The van der Waals surface area contributed by atoms with E-state index in [1.165, 1.54) is 11.8 Å². The van der Waals surface area contributed by atoms with E-state index < -0.39 is 0 Å². The van der Waals surface area contributed by atoms with Crippen molar-refractivity contribution in [2.24, 2.45) is 0 Å². The van der Waals surface area contributed by atoms with Crippen molar-refractivity contribution in [1.29, 1.82) is 0 Å². The van der Waals surface area contributed by atoms with Gasteiger partial charge in [0.2, 0.25) is 11.8 Å². The number of aliphatic hydroxyl groups is 1. The van der Waals surface area contributed by atoms with Crippen LogP contribution in [0.4, 0.5) is 0 Å². The number of carbonyl (C=O) groups excluding carboxylic acids is 2. The number of amides is 2. The van der Waals surface area contributed by atoms with Crippen molar-refractivity contribution in [2.75, 3.05) is 38.5 Å². The summed E-state index contributed by atoms with van der Waals surface area (Å²) >= 11 is 1.46. The molecule has 0 aromatic heterocycles. The standard InChI is InChI=1S/C11H20N2O3S/c1-9(7-14)17-8-11(16)13-5-3-12(4-6-13)10(2)15/h9,14H,3-8H2,1-2H3. The largest absolute Gasteiger partial charge is 0.395 e. The van der Waals surface area contributed by atoms with Crippen LogP contribution >= 0.6 is 11.8 Å². The average Bonchev–Trinajstić information content (AvgIpc) is 2.35. The first-order valence-electron chi connectivity index (χ1n) is 5.80. The summed E-state index contributed by atoms with van der Waals surface area (Å²) in [7, 11) is 0. The first-order chi connectivity index (χ1) is 8.04. The lowest BCUT2D eigenvalue weighted by Gasteiger charge is -2.34. The molecule has 17 heavy (non-hydrogen) atoms. The predicted molar refractivity (Wildman–Crippen MR) is 67.8 cm³/mol. The van der Waals surface area contributed by atoms with Crippen LogP contribution in [0.5, 0.6) is 0 Å². The Morgan fingerprint density at radius 2 is 1.76 bits per heavy atom. The van der Waals surface area contributed by atoms with Crippen LogP contribution in [0.1, 0.15) is 13.8 Å². The van der Waals surface area contributed by atoms with Crippen molar-refractivity contribution >= 4 is 23.6 Å². The molecule has 2 amide bonds. The van der Waals surface area contributed by atoms with Gasteiger partial charge in [-0.15, -0.1) is 11.8 Å². The fourth-order valence-electron chi connectivity index (χ4n) is 1.63. The highest BCUT2D eigenvalue weighted by Gasteiger charge is 2.22. The Hall–Kier alpha value is -0.750. The smallest absolute Gasteiger partial charge is 0.232 e. The number of rotatable bonds is 4. The molecule has 0 aliphatic carbocycles. The lowest BCUT2D eigenvalue weighted by Crippen LogP contribution is -2.50. The minimum Gasteiger partial charge on any atom is -0.395 e. The van der Waals surface area contributed by atoms with E-state index in [0.29, 0.717) is 31.9 Å². The molecule has 6 heteroatoms. The van der Waals surface area contributed by atoms with E-state index in [2.05, 4.69) is 0 Å². The van der Waals surface area contributed by atoms with Crippen molar-refractivity contribution < 1.29 is 14.7 Å². The zero-order valence-corrected chi connectivity index (χ0v) is 11.2. The molecule has 0 aromatic rings. The first-order valence-corrected chi connectivity index (χ1v) is 6.85. The zero-order valence-electron chi connectivity index (χ0n) is 10.4. The highest BCUT2D eigenvalue weighted by atomic mass is 32.2. The summed E-state index contributed by atoms with van der Waals surface area (Å²) < 4.78 is 0. The Morgan fingerprint density at radius 1 is 1.24 bits per heavy atom. The van der Waals surface area contributed by atoms with Gasteiger partial charge in [-0.3, -0.25) is 9.59 Å². The van der Waals surface area contributed by atoms with Gasteiger partial charge in [0.15, 0.2) is 0 Å². The van der Waals surface area contributed by atoms with Gasteiger partial charge in [-0.2, -0.15) is 0 Å². The first kappa shape index (κ1) is 14.3. The molecule has 1 rings (SSSR count). The molecular formula is C11H20N2O3S. The second-order valence-electron chi connectivity index (χ2n) is 4.19. The van der Waals surface area contributed by atoms with Gasteiger partial charge in [0.1, 0.15) is 0 Å². The van der Waals surface area contributed by atoms with Crippen LogP contribution in [-0.2, 0) is 9.59 Å². The third kappa shape index (κ3) is 4.55. The van der Waals surface area contributed by atoms with Crippen LogP contribution < -0.4 is 0 Å². The van der Waals surface area contributed by atoms with Crippen molar-refractivity contribution in [3.8, 4) is 0 Å². The summed E-state index contributed by atoms with van der Waals surface area (Å²) in [4.78, 5) is 26.5. The van der Waals surface area contributed by atoms with Crippen molar-refractivity contribution in [3.05, 3.63) is 0 Å². The molecule has 1 saturated heterocycles. The molecular weight excluding hydrogens is 240 g/mol. The second-order valence-corrected chi connectivity index (χ2v) is 5.62. The molecule has 1 N–H and O–H groups in total. The predicted octanol–water partition coefficient (Wildman–Crippen LogP) is -0.209. The maximum Gasteiger partial charge on any atom is 0.232 e. The summed E-state index contributed by atoms with van der Waals surface area (Å²) in [6, 6.07) is 0. The van der Waals surface area contributed by atoms with Crippen LogP contribution in [0, 0.1) is 0 Å². The molecule has 1 heterocycles. The van der Waals surface area contributed by atoms with Crippen LogP contribution in [-0.4, -0.2) is 70.5 Å². The van der Waals surface area contributed by atoms with Crippen LogP contribution in [0.15, 0.2) is 0 Å². The van der Waals surface area contributed by atoms with Gasteiger partial charge >= 0.3 is 0 Å². The molecule has 0 aromatic carbocycles. The summed E-state index contributed by atoms with van der Waals surface area (Å²) in [6.45, 7) is 6.03. The average molecular weight is 260 g/mol. The lowest BCUT2D eigenvalue weighted by atomic mass is 10.3. The Kier molecular flexibility index (Phi) is 5.77. The zero-order chi connectivity index (χ0) is 12.8. The molecule has 1 fully saturated rings. The maximum atomic E-state index is 11.8. The Bertz CT molecular complexity index is 278. The number of thioether (sulfide) groups is 1. The molecule has 0 bridgehead atoms. The third-order valence-electron chi connectivity index (χ3n) is 2.83. The topological polar surface area (TPSA) is 60.9 Å². The monoisotopic (exact) mass is 260 g/mol. The fourth-order valence-corrected chi connectivity index (χ4v) is 2.34. The molecule has 0 radical (unpaired) electrons. The second kappa shape index (κ2) is 6.86. The molecule has 1 atom stereocenters. The maximum absolute atomic E-state index is 11.8. The Balaban J connectivity index is 2.28. The number of piperazine rings is 1.